The zero-order valence-electron chi connectivity index (χ0n) is 5.28. The molecule has 0 radical (unpaired) electrons. The first-order chi connectivity index (χ1) is 3.68. The van der Waals surface area contributed by atoms with Gasteiger partial charge < -0.3 is 0 Å². The van der Waals surface area contributed by atoms with Gasteiger partial charge in [0.15, 0.2) is 6.29 Å². The maximum absolute atomic E-state index is 9.27. The number of aldehydes is 1. The number of hydrogen-bond acceptors (Lipinski definition) is 1. The summed E-state index contributed by atoms with van der Waals surface area (Å²) in [5.74, 6) is 0. The van der Waals surface area contributed by atoms with E-state index in [0.29, 0.717) is 6.29 Å². The van der Waals surface area contributed by atoms with Crippen molar-refractivity contribution in [1.29, 1.82) is 0 Å². The van der Waals surface area contributed by atoms with Gasteiger partial charge in [0.25, 0.3) is 0 Å². The molecule has 0 aromatic rings. The Balaban J connectivity index is 0. The molecule has 0 aliphatic heterocycles. The smallest absolute Gasteiger partial charge is 0.160 e. The molecule has 0 amide bonds. The van der Waals surface area contributed by atoms with Gasteiger partial charge in [-0.15, -0.1) is 0 Å². The third-order valence-corrected chi connectivity index (χ3v) is 0.217. The number of carbonyl (C=O) groups is 1. The lowest BCUT2D eigenvalue weighted by molar-refractivity contribution is -0.104. The highest BCUT2D eigenvalue weighted by atomic mass is 35.5. The fourth-order valence-corrected chi connectivity index (χ4v) is 0. The molecule has 0 aromatic heterocycles. The molecule has 0 aromatic carbocycles. The summed E-state index contributed by atoms with van der Waals surface area (Å²) >= 11 is 4.90. The Bertz CT molecular complexity index is 68.9. The summed E-state index contributed by atoms with van der Waals surface area (Å²) < 4.78 is 0. The lowest BCUT2D eigenvalue weighted by Gasteiger charge is -1.62. The molecule has 0 heterocycles. The van der Waals surface area contributed by atoms with Gasteiger partial charge in [0, 0.05) is 0 Å². The van der Waals surface area contributed by atoms with Crippen LogP contribution < -0.4 is 0 Å². The van der Waals surface area contributed by atoms with Crippen LogP contribution in [-0.4, -0.2) is 6.29 Å². The second-order valence-corrected chi connectivity index (χ2v) is 1.76. The first-order valence-corrected chi connectivity index (χ1v) is 2.86. The standard InChI is InChI=1S/C3H3ClO.C3H8/c1-3(4)2-5;1-3-2/h2H,1H2;3H2,1-2H3. The summed E-state index contributed by atoms with van der Waals surface area (Å²) in [5.41, 5.74) is 0. The number of hydrogen-bond donors (Lipinski definition) is 0. The van der Waals surface area contributed by atoms with Crippen molar-refractivity contribution in [2.75, 3.05) is 0 Å². The first kappa shape index (κ1) is 10.6. The van der Waals surface area contributed by atoms with E-state index in [0.717, 1.165) is 0 Å². The van der Waals surface area contributed by atoms with Gasteiger partial charge in [-0.1, -0.05) is 38.4 Å². The molecule has 0 unspecified atom stereocenters. The summed E-state index contributed by atoms with van der Waals surface area (Å²) in [6.45, 7) is 7.32. The van der Waals surface area contributed by atoms with Crippen LogP contribution in [0.15, 0.2) is 11.6 Å². The topological polar surface area (TPSA) is 17.1 Å². The van der Waals surface area contributed by atoms with Crippen LogP contribution in [0.1, 0.15) is 20.3 Å². The molecule has 0 N–H and O–H groups in total. The van der Waals surface area contributed by atoms with Crippen LogP contribution in [0.5, 0.6) is 0 Å². The molecule has 8 heavy (non-hydrogen) atoms. The van der Waals surface area contributed by atoms with Crippen LogP contribution in [0, 0.1) is 0 Å². The first-order valence-electron chi connectivity index (χ1n) is 2.48. The van der Waals surface area contributed by atoms with E-state index in [2.05, 4.69) is 20.4 Å². The quantitative estimate of drug-likeness (QED) is 0.398. The third kappa shape index (κ3) is 43.6. The fourth-order valence-electron chi connectivity index (χ4n) is 0. The molecule has 1 nitrogen and oxygen atoms in total. The van der Waals surface area contributed by atoms with E-state index in [4.69, 9.17) is 11.6 Å². The number of halogens is 1. The maximum Gasteiger partial charge on any atom is 0.160 e. The lowest BCUT2D eigenvalue weighted by atomic mass is 10.6. The zero-order valence-corrected chi connectivity index (χ0v) is 6.03. The van der Waals surface area contributed by atoms with E-state index >= 15 is 0 Å². The van der Waals surface area contributed by atoms with E-state index in [1.54, 1.807) is 0 Å². The van der Waals surface area contributed by atoms with Crippen molar-refractivity contribution < 1.29 is 4.79 Å². The molecule has 0 bridgehead atoms. The molecule has 0 aliphatic carbocycles. The molecule has 0 atom stereocenters. The van der Waals surface area contributed by atoms with E-state index < -0.39 is 0 Å². The van der Waals surface area contributed by atoms with Crippen LogP contribution in [0.3, 0.4) is 0 Å². The largest absolute Gasteiger partial charge is 0.297 e. The van der Waals surface area contributed by atoms with Gasteiger partial charge in [-0.2, -0.15) is 0 Å². The molecule has 0 rings (SSSR count). The second-order valence-electron chi connectivity index (χ2n) is 1.27. The van der Waals surface area contributed by atoms with Crippen molar-refractivity contribution in [2.45, 2.75) is 20.3 Å². The molecule has 48 valence electrons. The van der Waals surface area contributed by atoms with Gasteiger partial charge in [-0.05, 0) is 0 Å². The van der Waals surface area contributed by atoms with Gasteiger partial charge in [0.05, 0.1) is 5.03 Å². The van der Waals surface area contributed by atoms with Crippen LogP contribution in [0.25, 0.3) is 0 Å². The van der Waals surface area contributed by atoms with Crippen LogP contribution in [0.4, 0.5) is 0 Å². The maximum atomic E-state index is 9.27. The highest BCUT2D eigenvalue weighted by Crippen LogP contribution is 1.85. The van der Waals surface area contributed by atoms with Crippen molar-refractivity contribution in [3.63, 3.8) is 0 Å². The third-order valence-electron chi connectivity index (χ3n) is 0.128. The Kier molecular flexibility index (Phi) is 13.1. The Morgan fingerprint density at radius 3 is 1.88 bits per heavy atom. The number of rotatable bonds is 1. The minimum Gasteiger partial charge on any atom is -0.297 e. The summed E-state index contributed by atoms with van der Waals surface area (Å²) in [5, 5.41) is 0.0463. The molecule has 0 aliphatic rings. The zero-order chi connectivity index (χ0) is 6.99. The van der Waals surface area contributed by atoms with E-state index in [9.17, 15) is 4.79 Å². The lowest BCUT2D eigenvalue weighted by Crippen LogP contribution is -1.60. The minimum atomic E-state index is 0.0463. The summed E-state index contributed by atoms with van der Waals surface area (Å²) in [6.07, 6.45) is 1.74. The highest BCUT2D eigenvalue weighted by Gasteiger charge is 1.70. The fraction of sp³-hybridized carbons (Fsp3) is 0.500. The minimum absolute atomic E-state index is 0.0463. The van der Waals surface area contributed by atoms with Crippen LogP contribution in [-0.2, 0) is 4.79 Å². The van der Waals surface area contributed by atoms with Gasteiger partial charge >= 0.3 is 0 Å². The average Bonchev–Trinajstić information content (AvgIpc) is 1.69. The highest BCUT2D eigenvalue weighted by molar-refractivity contribution is 6.38. The van der Waals surface area contributed by atoms with Crippen molar-refractivity contribution >= 4 is 17.9 Å². The van der Waals surface area contributed by atoms with E-state index in [1.807, 2.05) is 0 Å². The Morgan fingerprint density at radius 2 is 1.88 bits per heavy atom. The Hall–Kier alpha value is -0.300. The van der Waals surface area contributed by atoms with Crippen molar-refractivity contribution in [2.24, 2.45) is 0 Å². The molecular formula is C6H11ClO. The molecule has 0 spiro atoms. The van der Waals surface area contributed by atoms with Crippen molar-refractivity contribution in [1.82, 2.24) is 0 Å². The van der Waals surface area contributed by atoms with E-state index in [1.165, 1.54) is 6.42 Å². The van der Waals surface area contributed by atoms with Crippen LogP contribution >= 0.6 is 11.6 Å². The molecular weight excluding hydrogens is 124 g/mol. The van der Waals surface area contributed by atoms with Crippen molar-refractivity contribution in [3.05, 3.63) is 11.6 Å². The molecule has 0 fully saturated rings. The summed E-state index contributed by atoms with van der Waals surface area (Å²) in [4.78, 5) is 9.27. The predicted octanol–water partition coefficient (Wildman–Crippen LogP) is 2.35. The Morgan fingerprint density at radius 1 is 1.75 bits per heavy atom. The molecule has 2 heteroatoms. The summed E-state index contributed by atoms with van der Waals surface area (Å²) in [6, 6.07) is 0. The normalized spacial score (nSPS) is 6.38. The monoisotopic (exact) mass is 134 g/mol. The van der Waals surface area contributed by atoms with Gasteiger partial charge in [-0.3, -0.25) is 4.79 Å². The van der Waals surface area contributed by atoms with Crippen molar-refractivity contribution in [3.8, 4) is 0 Å². The number of allylic oxidation sites excluding steroid dienone is 1. The second kappa shape index (κ2) is 9.85. The number of carbonyl (C=O) groups excluding carboxylic acids is 1. The van der Waals surface area contributed by atoms with Gasteiger partial charge in [-0.25, -0.2) is 0 Å². The van der Waals surface area contributed by atoms with Gasteiger partial charge in [0.1, 0.15) is 0 Å². The molecule has 0 saturated heterocycles. The average molecular weight is 135 g/mol. The van der Waals surface area contributed by atoms with Gasteiger partial charge in [0.2, 0.25) is 0 Å². The molecule has 0 saturated carbocycles. The summed E-state index contributed by atoms with van der Waals surface area (Å²) in [7, 11) is 0. The van der Waals surface area contributed by atoms with Crippen LogP contribution in [0.2, 0.25) is 0 Å². The van der Waals surface area contributed by atoms with E-state index in [-0.39, 0.29) is 5.03 Å². The SMILES string of the molecule is C=C(Cl)C=O.CCC. The predicted molar refractivity (Wildman–Crippen MR) is 37.0 cm³/mol. The Labute approximate surface area is 55.3 Å².